The number of nitrogens with zero attached hydrogens (tertiary/aromatic N) is 1. The van der Waals surface area contributed by atoms with Crippen molar-refractivity contribution < 1.29 is 4.39 Å². The molecule has 62 valence electrons. The van der Waals surface area contributed by atoms with Crippen molar-refractivity contribution in [2.75, 3.05) is 0 Å². The third-order valence-electron chi connectivity index (χ3n) is 1.51. The molecule has 0 unspecified atom stereocenters. The van der Waals surface area contributed by atoms with Crippen molar-refractivity contribution in [1.29, 1.82) is 5.26 Å². The van der Waals surface area contributed by atoms with Crippen LogP contribution in [0.25, 0.3) is 0 Å². The van der Waals surface area contributed by atoms with Gasteiger partial charge in [-0.05, 0) is 34.5 Å². The van der Waals surface area contributed by atoms with E-state index in [1.54, 1.807) is 13.0 Å². The lowest BCUT2D eigenvalue weighted by Crippen LogP contribution is -1.90. The van der Waals surface area contributed by atoms with Crippen LogP contribution in [0.5, 0.6) is 0 Å². The Labute approximate surface area is 86.5 Å². The third-order valence-corrected chi connectivity index (χ3v) is 3.33. The van der Waals surface area contributed by atoms with E-state index in [0.717, 1.165) is 5.56 Å². The van der Waals surface area contributed by atoms with Crippen molar-refractivity contribution in [2.24, 2.45) is 0 Å². The van der Waals surface area contributed by atoms with Gasteiger partial charge in [0.2, 0.25) is 0 Å². The van der Waals surface area contributed by atoms with Gasteiger partial charge in [0, 0.05) is 8.95 Å². The molecule has 0 aliphatic carbocycles. The molecular weight excluding hydrogens is 289 g/mol. The van der Waals surface area contributed by atoms with E-state index in [1.807, 2.05) is 0 Å². The molecule has 0 aliphatic rings. The van der Waals surface area contributed by atoms with E-state index >= 15 is 0 Å². The van der Waals surface area contributed by atoms with Gasteiger partial charge in [0.15, 0.2) is 0 Å². The monoisotopic (exact) mass is 291 g/mol. The summed E-state index contributed by atoms with van der Waals surface area (Å²) >= 11 is 6.33. The summed E-state index contributed by atoms with van der Waals surface area (Å²) in [6, 6.07) is 3.08. The number of benzene rings is 1. The van der Waals surface area contributed by atoms with Gasteiger partial charge in [-0.3, -0.25) is 0 Å². The summed E-state index contributed by atoms with van der Waals surface area (Å²) in [5, 5.41) is 8.58. The molecule has 0 fully saturated rings. The van der Waals surface area contributed by atoms with Gasteiger partial charge in [0.1, 0.15) is 17.4 Å². The fourth-order valence-corrected chi connectivity index (χ4v) is 1.95. The van der Waals surface area contributed by atoms with Gasteiger partial charge in [-0.15, -0.1) is 0 Å². The molecule has 1 aromatic rings. The minimum absolute atomic E-state index is 0.0516. The molecule has 1 aromatic carbocycles. The highest BCUT2D eigenvalue weighted by atomic mass is 79.9. The van der Waals surface area contributed by atoms with E-state index in [9.17, 15) is 4.39 Å². The van der Waals surface area contributed by atoms with Crippen LogP contribution in [0.1, 0.15) is 11.1 Å². The number of hydrogen-bond donors (Lipinski definition) is 0. The molecule has 12 heavy (non-hydrogen) atoms. The average molecular weight is 293 g/mol. The molecule has 4 heteroatoms. The standard InChI is InChI=1S/C8H4Br2FN/c1-4-6(9)2-7(11)5(3-12)8(4)10/h2H,1H3. The van der Waals surface area contributed by atoms with Crippen LogP contribution in [0, 0.1) is 24.1 Å². The van der Waals surface area contributed by atoms with Crippen LogP contribution in [-0.2, 0) is 0 Å². The van der Waals surface area contributed by atoms with Gasteiger partial charge in [-0.2, -0.15) is 5.26 Å². The quantitative estimate of drug-likeness (QED) is 0.718. The highest BCUT2D eigenvalue weighted by Gasteiger charge is 2.11. The maximum Gasteiger partial charge on any atom is 0.143 e. The minimum atomic E-state index is -0.512. The Balaban J connectivity index is 3.54. The largest absolute Gasteiger partial charge is 0.205 e. The molecule has 0 aromatic heterocycles. The van der Waals surface area contributed by atoms with Gasteiger partial charge in [0.25, 0.3) is 0 Å². The van der Waals surface area contributed by atoms with Gasteiger partial charge >= 0.3 is 0 Å². The first-order valence-corrected chi connectivity index (χ1v) is 4.70. The first-order chi connectivity index (χ1) is 5.57. The number of nitriles is 1. The van der Waals surface area contributed by atoms with E-state index in [-0.39, 0.29) is 5.56 Å². The summed E-state index contributed by atoms with van der Waals surface area (Å²) in [5.41, 5.74) is 0.878. The Morgan fingerprint density at radius 3 is 2.58 bits per heavy atom. The molecule has 0 amide bonds. The summed E-state index contributed by atoms with van der Waals surface area (Å²) in [6.45, 7) is 1.80. The molecule has 0 radical (unpaired) electrons. The van der Waals surface area contributed by atoms with E-state index in [2.05, 4.69) is 31.9 Å². The fourth-order valence-electron chi connectivity index (χ4n) is 0.791. The summed E-state index contributed by atoms with van der Waals surface area (Å²) in [5.74, 6) is -0.512. The van der Waals surface area contributed by atoms with Crippen LogP contribution in [0.4, 0.5) is 4.39 Å². The van der Waals surface area contributed by atoms with E-state index < -0.39 is 5.82 Å². The maximum atomic E-state index is 13.0. The molecule has 0 heterocycles. The molecule has 1 rings (SSSR count). The number of halogens is 3. The zero-order chi connectivity index (χ0) is 9.30. The second-order valence-electron chi connectivity index (χ2n) is 2.27. The SMILES string of the molecule is Cc1c(Br)cc(F)c(C#N)c1Br. The van der Waals surface area contributed by atoms with Crippen molar-refractivity contribution in [3.63, 3.8) is 0 Å². The van der Waals surface area contributed by atoms with Crippen LogP contribution >= 0.6 is 31.9 Å². The topological polar surface area (TPSA) is 23.8 Å². The molecule has 0 spiro atoms. The van der Waals surface area contributed by atoms with Crippen LogP contribution in [0.15, 0.2) is 15.0 Å². The predicted octanol–water partition coefficient (Wildman–Crippen LogP) is 3.53. The Morgan fingerprint density at radius 2 is 2.08 bits per heavy atom. The third kappa shape index (κ3) is 1.52. The highest BCUT2D eigenvalue weighted by Crippen LogP contribution is 2.29. The summed E-state index contributed by atoms with van der Waals surface area (Å²) in [7, 11) is 0. The van der Waals surface area contributed by atoms with E-state index in [4.69, 9.17) is 5.26 Å². The lowest BCUT2D eigenvalue weighted by Gasteiger charge is -2.03. The lowest BCUT2D eigenvalue weighted by molar-refractivity contribution is 0.621. The highest BCUT2D eigenvalue weighted by molar-refractivity contribution is 9.11. The zero-order valence-corrected chi connectivity index (χ0v) is 9.33. The molecule has 0 saturated carbocycles. The van der Waals surface area contributed by atoms with Gasteiger partial charge in [0.05, 0.1) is 0 Å². The minimum Gasteiger partial charge on any atom is -0.205 e. The Kier molecular flexibility index (Phi) is 2.86. The van der Waals surface area contributed by atoms with Crippen molar-refractivity contribution in [2.45, 2.75) is 6.92 Å². The van der Waals surface area contributed by atoms with Gasteiger partial charge < -0.3 is 0 Å². The number of rotatable bonds is 0. The second kappa shape index (κ2) is 3.55. The molecular formula is C8H4Br2FN. The Morgan fingerprint density at radius 1 is 1.50 bits per heavy atom. The van der Waals surface area contributed by atoms with Crippen molar-refractivity contribution >= 4 is 31.9 Å². The molecule has 0 atom stereocenters. The number of hydrogen-bond acceptors (Lipinski definition) is 1. The Hall–Kier alpha value is -0.400. The van der Waals surface area contributed by atoms with Crippen LogP contribution in [0.3, 0.4) is 0 Å². The van der Waals surface area contributed by atoms with E-state index in [0.29, 0.717) is 8.95 Å². The van der Waals surface area contributed by atoms with Crippen molar-refractivity contribution in [3.05, 3.63) is 32.0 Å². The summed E-state index contributed by atoms with van der Waals surface area (Å²) in [4.78, 5) is 0. The van der Waals surface area contributed by atoms with Crippen LogP contribution in [-0.4, -0.2) is 0 Å². The van der Waals surface area contributed by atoms with Crippen LogP contribution < -0.4 is 0 Å². The van der Waals surface area contributed by atoms with Crippen LogP contribution in [0.2, 0.25) is 0 Å². The summed E-state index contributed by atoms with van der Waals surface area (Å²) < 4.78 is 14.2. The first-order valence-electron chi connectivity index (χ1n) is 3.12. The normalized spacial score (nSPS) is 9.58. The molecule has 0 aliphatic heterocycles. The predicted molar refractivity (Wildman–Crippen MR) is 51.3 cm³/mol. The molecule has 1 nitrogen and oxygen atoms in total. The fraction of sp³-hybridized carbons (Fsp3) is 0.125. The average Bonchev–Trinajstić information content (AvgIpc) is 2.01. The molecule has 0 N–H and O–H groups in total. The van der Waals surface area contributed by atoms with E-state index in [1.165, 1.54) is 6.07 Å². The lowest BCUT2D eigenvalue weighted by atomic mass is 10.1. The van der Waals surface area contributed by atoms with Crippen molar-refractivity contribution in [3.8, 4) is 6.07 Å². The molecule has 0 saturated heterocycles. The molecule has 0 bridgehead atoms. The van der Waals surface area contributed by atoms with Gasteiger partial charge in [-0.25, -0.2) is 4.39 Å². The summed E-state index contributed by atoms with van der Waals surface area (Å²) in [6.07, 6.45) is 0. The van der Waals surface area contributed by atoms with Gasteiger partial charge in [-0.1, -0.05) is 15.9 Å². The Bertz CT molecular complexity index is 368. The smallest absolute Gasteiger partial charge is 0.143 e. The second-order valence-corrected chi connectivity index (χ2v) is 3.91. The zero-order valence-electron chi connectivity index (χ0n) is 6.16. The van der Waals surface area contributed by atoms with Crippen molar-refractivity contribution in [1.82, 2.24) is 0 Å². The first kappa shape index (κ1) is 9.69. The maximum absolute atomic E-state index is 13.0.